The number of nitrogens with zero attached hydrogens (tertiary/aromatic N) is 4. The Balaban J connectivity index is 1.22. The van der Waals surface area contributed by atoms with Gasteiger partial charge in [0.15, 0.2) is 11.4 Å². The van der Waals surface area contributed by atoms with Gasteiger partial charge in [0.05, 0.1) is 28.1 Å². The SMILES string of the molecule is Bc1cc(B)c2c(c1)c1c(B)c(B)c3c4cc(B)cc(B)c4n(-c4cccc5c4oc4c(-c6cc(-c7ccccc7)nc(-c7ccccc7)n6)cccc45)c3c1n2-c1ccccc1. The van der Waals surface area contributed by atoms with Crippen molar-refractivity contribution in [2.45, 2.75) is 0 Å². The van der Waals surface area contributed by atoms with Gasteiger partial charge in [0, 0.05) is 65.7 Å². The van der Waals surface area contributed by atoms with Crippen LogP contribution in [-0.2, 0) is 0 Å². The van der Waals surface area contributed by atoms with Crippen LogP contribution in [0.25, 0.3) is 111 Å². The van der Waals surface area contributed by atoms with Crippen molar-refractivity contribution in [3.63, 3.8) is 0 Å². The average molecular weight is 800 g/mol. The second-order valence-corrected chi connectivity index (χ2v) is 17.3. The van der Waals surface area contributed by atoms with Gasteiger partial charge in [-0.15, -0.1) is 0 Å². The van der Waals surface area contributed by atoms with E-state index < -0.39 is 0 Å². The monoisotopic (exact) mass is 800 g/mol. The maximum absolute atomic E-state index is 7.33. The van der Waals surface area contributed by atoms with E-state index in [-0.39, 0.29) is 0 Å². The van der Waals surface area contributed by atoms with E-state index in [0.29, 0.717) is 5.82 Å². The number of para-hydroxylation sites is 3. The molecule has 0 saturated carbocycles. The molecule has 290 valence electrons. The van der Waals surface area contributed by atoms with E-state index in [1.54, 1.807) is 0 Å². The third kappa shape index (κ3) is 5.58. The predicted molar refractivity (Wildman–Crippen MR) is 283 cm³/mol. The summed E-state index contributed by atoms with van der Waals surface area (Å²) in [5, 5.41) is 7.18. The van der Waals surface area contributed by atoms with Gasteiger partial charge < -0.3 is 13.6 Å². The lowest BCUT2D eigenvalue weighted by Gasteiger charge is -2.16. The molecular weight excluding hydrogens is 761 g/mol. The average Bonchev–Trinajstić information content (AvgIpc) is 3.97. The fourth-order valence-corrected chi connectivity index (χ4v) is 10.5. The highest BCUT2D eigenvalue weighted by molar-refractivity contribution is 6.61. The normalized spacial score (nSPS) is 11.9. The second kappa shape index (κ2) is 14.1. The number of rotatable bonds is 5. The first-order valence-electron chi connectivity index (χ1n) is 21.8. The third-order valence-corrected chi connectivity index (χ3v) is 13.2. The molecule has 12 aromatic rings. The molecule has 5 nitrogen and oxygen atoms in total. The highest BCUT2D eigenvalue weighted by atomic mass is 16.3. The summed E-state index contributed by atoms with van der Waals surface area (Å²) in [4.78, 5) is 10.3. The molecule has 12 rings (SSSR count). The minimum Gasteiger partial charge on any atom is -0.453 e. The maximum atomic E-state index is 7.33. The van der Waals surface area contributed by atoms with Crippen LogP contribution in [0.1, 0.15) is 0 Å². The summed E-state index contributed by atoms with van der Waals surface area (Å²) >= 11 is 0. The van der Waals surface area contributed by atoms with Crippen molar-refractivity contribution in [2.75, 3.05) is 0 Å². The van der Waals surface area contributed by atoms with Gasteiger partial charge in [-0.25, -0.2) is 9.97 Å². The van der Waals surface area contributed by atoms with Gasteiger partial charge in [-0.05, 0) is 30.3 Å². The van der Waals surface area contributed by atoms with E-state index in [0.717, 1.165) is 61.4 Å². The molecule has 0 fully saturated rings. The molecule has 0 amide bonds. The molecule has 63 heavy (non-hydrogen) atoms. The second-order valence-electron chi connectivity index (χ2n) is 17.3. The number of hydrogen-bond donors (Lipinski definition) is 0. The lowest BCUT2D eigenvalue weighted by atomic mass is 9.74. The van der Waals surface area contributed by atoms with Crippen LogP contribution in [0.5, 0.6) is 0 Å². The minimum atomic E-state index is 0.672. The highest BCUT2D eigenvalue weighted by Crippen LogP contribution is 2.43. The van der Waals surface area contributed by atoms with Crippen LogP contribution in [0.3, 0.4) is 0 Å². The van der Waals surface area contributed by atoms with Crippen molar-refractivity contribution in [3.05, 3.63) is 158 Å². The zero-order valence-corrected chi connectivity index (χ0v) is 36.2. The molecule has 0 saturated heterocycles. The summed E-state index contributed by atoms with van der Waals surface area (Å²) < 4.78 is 12.4. The summed E-state index contributed by atoms with van der Waals surface area (Å²) in [6, 6.07) is 56.0. The summed E-state index contributed by atoms with van der Waals surface area (Å²) in [5.74, 6) is 0.672. The first-order chi connectivity index (χ1) is 30.7. The van der Waals surface area contributed by atoms with Crippen molar-refractivity contribution in [3.8, 4) is 45.3 Å². The lowest BCUT2D eigenvalue weighted by molar-refractivity contribution is 0.667. The zero-order chi connectivity index (χ0) is 42.7. The molecule has 4 aromatic heterocycles. The van der Waals surface area contributed by atoms with Crippen LogP contribution in [0.15, 0.2) is 162 Å². The molecule has 8 aromatic carbocycles. The maximum Gasteiger partial charge on any atom is 0.160 e. The molecule has 4 heterocycles. The molecule has 0 aliphatic rings. The molecule has 0 N–H and O–H groups in total. The van der Waals surface area contributed by atoms with Crippen LogP contribution in [0.4, 0.5) is 0 Å². The number of hydrogen-bond acceptors (Lipinski definition) is 3. The zero-order valence-electron chi connectivity index (χ0n) is 36.2. The lowest BCUT2D eigenvalue weighted by Crippen LogP contribution is -2.27. The van der Waals surface area contributed by atoms with Crippen LogP contribution in [0.2, 0.25) is 0 Å². The van der Waals surface area contributed by atoms with Gasteiger partial charge in [-0.2, -0.15) is 0 Å². The Labute approximate surface area is 370 Å². The molecule has 11 heteroatoms. The summed E-state index contributed by atoms with van der Waals surface area (Å²) in [5.41, 5.74) is 20.7. The van der Waals surface area contributed by atoms with Gasteiger partial charge in [-0.1, -0.05) is 160 Å². The van der Waals surface area contributed by atoms with E-state index in [9.17, 15) is 0 Å². The molecular formula is C52H38B6N4O. The number of furan rings is 1. The Hall–Kier alpha value is -7.37. The summed E-state index contributed by atoms with van der Waals surface area (Å²) in [6.07, 6.45) is 0. The van der Waals surface area contributed by atoms with Gasteiger partial charge in [0.25, 0.3) is 0 Å². The van der Waals surface area contributed by atoms with E-state index in [4.69, 9.17) is 14.4 Å². The van der Waals surface area contributed by atoms with Crippen molar-refractivity contribution in [2.24, 2.45) is 0 Å². The van der Waals surface area contributed by atoms with Crippen LogP contribution in [-0.4, -0.2) is 66.2 Å². The number of fused-ring (bicyclic) bond motifs is 10. The van der Waals surface area contributed by atoms with Gasteiger partial charge in [-0.3, -0.25) is 0 Å². The Kier molecular flexibility index (Phi) is 8.36. The number of aromatic nitrogens is 4. The Bertz CT molecular complexity index is 3800. The highest BCUT2D eigenvalue weighted by Gasteiger charge is 2.28. The van der Waals surface area contributed by atoms with Crippen molar-refractivity contribution in [1.29, 1.82) is 0 Å². The Morgan fingerprint density at radius 2 is 0.937 bits per heavy atom. The first-order valence-corrected chi connectivity index (χ1v) is 21.8. The van der Waals surface area contributed by atoms with Crippen molar-refractivity contribution in [1.82, 2.24) is 19.1 Å². The van der Waals surface area contributed by atoms with Crippen molar-refractivity contribution < 1.29 is 4.42 Å². The predicted octanol–water partition coefficient (Wildman–Crippen LogP) is 3.12. The first kappa shape index (κ1) is 37.4. The minimum absolute atomic E-state index is 0.672. The molecule has 0 unspecified atom stereocenters. The standard InChI is InChI=1S/C52H38B6N4O/c53-29-22-35-42-44(57)45(58)43-36-23-30(54)25-38(56)47(36)62(49(43)48(42)61(46(35)37(55)24-29)31-16-8-3-9-17-31)41-21-11-19-33-32-18-10-20-34(50(32)63-51(33)41)40-26-39(27-12-4-1-5-13-27)59-52(60-40)28-14-6-2-7-15-28/h1-26H,53-58H2. The van der Waals surface area contributed by atoms with Crippen LogP contribution >= 0.6 is 0 Å². The van der Waals surface area contributed by atoms with E-state index in [1.165, 1.54) is 76.4 Å². The smallest absolute Gasteiger partial charge is 0.160 e. The van der Waals surface area contributed by atoms with Gasteiger partial charge in [0.2, 0.25) is 0 Å². The fraction of sp³-hybridized carbons (Fsp3) is 0. The third-order valence-electron chi connectivity index (χ3n) is 13.2. The van der Waals surface area contributed by atoms with E-state index >= 15 is 0 Å². The largest absolute Gasteiger partial charge is 0.453 e. The van der Waals surface area contributed by atoms with E-state index in [1.807, 2.05) is 24.3 Å². The molecule has 0 atom stereocenters. The Morgan fingerprint density at radius 1 is 0.413 bits per heavy atom. The van der Waals surface area contributed by atoms with Gasteiger partial charge >= 0.3 is 0 Å². The van der Waals surface area contributed by atoms with Crippen LogP contribution < -0.4 is 32.8 Å². The van der Waals surface area contributed by atoms with E-state index in [2.05, 4.69) is 190 Å². The number of benzene rings is 8. The van der Waals surface area contributed by atoms with Gasteiger partial charge in [0.1, 0.15) is 52.7 Å². The van der Waals surface area contributed by atoms with Crippen molar-refractivity contribution >= 4 is 145 Å². The fourth-order valence-electron chi connectivity index (χ4n) is 10.5. The summed E-state index contributed by atoms with van der Waals surface area (Å²) in [6.45, 7) is 0. The topological polar surface area (TPSA) is 48.8 Å². The Morgan fingerprint density at radius 3 is 1.57 bits per heavy atom. The molecule has 0 aliphatic carbocycles. The van der Waals surface area contributed by atoms with Crippen LogP contribution in [0, 0.1) is 0 Å². The molecule has 0 bridgehead atoms. The molecule has 0 aliphatic heterocycles. The quantitative estimate of drug-likeness (QED) is 0.252. The molecule has 0 spiro atoms. The molecule has 0 radical (unpaired) electrons. The summed E-state index contributed by atoms with van der Waals surface area (Å²) in [7, 11) is 13.6.